The largest absolute Gasteiger partial charge is 0.352 e. The average Bonchev–Trinajstić information content (AvgIpc) is 2.70. The number of carbonyl (C=O) groups excluding carboxylic acids is 1. The Morgan fingerprint density at radius 1 is 0.741 bits per heavy atom. The molecular weight excluding hydrogens is 338 g/mol. The zero-order valence-electron chi connectivity index (χ0n) is 14.4. The van der Waals surface area contributed by atoms with E-state index in [4.69, 9.17) is 0 Å². The lowest BCUT2D eigenvalue weighted by molar-refractivity contribution is 0.262. The van der Waals surface area contributed by atoms with Crippen LogP contribution < -0.4 is 16.0 Å². The Kier molecular flexibility index (Phi) is 4.61. The van der Waals surface area contributed by atoms with Gasteiger partial charge in [-0.15, -0.1) is 0 Å². The Morgan fingerprint density at radius 3 is 2.41 bits per heavy atom. The smallest absolute Gasteiger partial charge is 0.324 e. The van der Waals surface area contributed by atoms with Crippen molar-refractivity contribution < 1.29 is 4.79 Å². The first kappa shape index (κ1) is 16.5. The van der Waals surface area contributed by atoms with E-state index in [9.17, 15) is 4.79 Å². The molecule has 4 rings (SSSR count). The van der Waals surface area contributed by atoms with E-state index in [1.807, 2.05) is 66.7 Å². The Balaban J connectivity index is 1.43. The number of carbonyl (C=O) groups is 1. The molecule has 0 atom stereocenters. The molecule has 0 spiro atoms. The van der Waals surface area contributed by atoms with E-state index in [1.165, 1.54) is 0 Å². The number of rotatable bonds is 4. The molecule has 0 aliphatic heterocycles. The van der Waals surface area contributed by atoms with Crippen molar-refractivity contribution >= 4 is 39.8 Å². The van der Waals surface area contributed by atoms with Crippen LogP contribution in [0.5, 0.6) is 0 Å². The van der Waals surface area contributed by atoms with Gasteiger partial charge in [0.15, 0.2) is 0 Å². The highest BCUT2D eigenvalue weighted by atomic mass is 16.2. The number of amides is 2. The van der Waals surface area contributed by atoms with Crippen molar-refractivity contribution in [3.05, 3.63) is 85.2 Å². The summed E-state index contributed by atoms with van der Waals surface area (Å²) in [4.78, 5) is 20.7. The summed E-state index contributed by atoms with van der Waals surface area (Å²) in [6.45, 7) is 0. The van der Waals surface area contributed by atoms with Gasteiger partial charge >= 0.3 is 6.03 Å². The van der Waals surface area contributed by atoms with Crippen molar-refractivity contribution in [1.82, 2.24) is 9.97 Å². The molecule has 2 aromatic carbocycles. The van der Waals surface area contributed by atoms with Gasteiger partial charge in [0.2, 0.25) is 0 Å². The Bertz CT molecular complexity index is 1060. The van der Waals surface area contributed by atoms with Crippen LogP contribution in [0.25, 0.3) is 10.9 Å². The highest BCUT2D eigenvalue weighted by Gasteiger charge is 2.05. The first-order chi connectivity index (χ1) is 13.3. The van der Waals surface area contributed by atoms with Crippen LogP contribution in [0, 0.1) is 0 Å². The zero-order chi connectivity index (χ0) is 18.5. The van der Waals surface area contributed by atoms with Crippen LogP contribution in [-0.4, -0.2) is 16.0 Å². The van der Waals surface area contributed by atoms with Crippen molar-refractivity contribution in [1.29, 1.82) is 0 Å². The molecule has 2 amide bonds. The van der Waals surface area contributed by atoms with Crippen molar-refractivity contribution in [2.45, 2.75) is 0 Å². The number of fused-ring (bicyclic) bond motifs is 1. The van der Waals surface area contributed by atoms with Gasteiger partial charge in [-0.2, -0.15) is 0 Å². The highest BCUT2D eigenvalue weighted by Crippen LogP contribution is 2.24. The molecule has 0 aliphatic carbocycles. The van der Waals surface area contributed by atoms with Crippen LogP contribution >= 0.6 is 0 Å². The predicted octanol–water partition coefficient (Wildman–Crippen LogP) is 5.02. The van der Waals surface area contributed by atoms with Gasteiger partial charge in [0.1, 0.15) is 5.82 Å². The molecule has 0 unspecified atom stereocenters. The van der Waals surface area contributed by atoms with Crippen LogP contribution in [-0.2, 0) is 0 Å². The van der Waals surface area contributed by atoms with Gasteiger partial charge in [0.25, 0.3) is 0 Å². The summed E-state index contributed by atoms with van der Waals surface area (Å²) in [6.07, 6.45) is 3.43. The highest BCUT2D eigenvalue weighted by molar-refractivity contribution is 5.99. The van der Waals surface area contributed by atoms with Crippen LogP contribution in [0.4, 0.5) is 27.7 Å². The fourth-order valence-electron chi connectivity index (χ4n) is 2.70. The van der Waals surface area contributed by atoms with Gasteiger partial charge in [-0.25, -0.2) is 9.78 Å². The Morgan fingerprint density at radius 2 is 1.59 bits per heavy atom. The molecule has 3 N–H and O–H groups in total. The quantitative estimate of drug-likeness (QED) is 0.480. The van der Waals surface area contributed by atoms with E-state index >= 15 is 0 Å². The van der Waals surface area contributed by atoms with Gasteiger partial charge in [0, 0.05) is 17.3 Å². The first-order valence-corrected chi connectivity index (χ1v) is 8.48. The second-order valence-electron chi connectivity index (χ2n) is 5.88. The van der Waals surface area contributed by atoms with Gasteiger partial charge in [0.05, 0.1) is 23.1 Å². The molecule has 0 saturated heterocycles. The first-order valence-electron chi connectivity index (χ1n) is 8.48. The fraction of sp³-hybridized carbons (Fsp3) is 0. The van der Waals surface area contributed by atoms with Crippen molar-refractivity contribution in [3.63, 3.8) is 0 Å². The summed E-state index contributed by atoms with van der Waals surface area (Å²) >= 11 is 0. The van der Waals surface area contributed by atoms with Crippen LogP contribution in [0.1, 0.15) is 0 Å². The van der Waals surface area contributed by atoms with Gasteiger partial charge in [-0.3, -0.25) is 10.3 Å². The molecule has 0 bridgehead atoms. The van der Waals surface area contributed by atoms with Crippen LogP contribution in [0.15, 0.2) is 85.2 Å². The summed E-state index contributed by atoms with van der Waals surface area (Å²) in [7, 11) is 0. The molecule has 6 nitrogen and oxygen atoms in total. The number of benzene rings is 2. The summed E-state index contributed by atoms with van der Waals surface area (Å²) in [5.41, 5.74) is 3.32. The normalized spacial score (nSPS) is 10.4. The number of hydrogen-bond acceptors (Lipinski definition) is 4. The molecular formula is C21H17N5O. The number of nitrogens with zero attached hydrogens (tertiary/aromatic N) is 2. The average molecular weight is 355 g/mol. The number of para-hydroxylation sites is 2. The Hall–Kier alpha value is -3.93. The second-order valence-corrected chi connectivity index (χ2v) is 5.88. The molecule has 27 heavy (non-hydrogen) atoms. The Labute approximate surface area is 156 Å². The van der Waals surface area contributed by atoms with E-state index in [0.29, 0.717) is 5.82 Å². The number of aromatic nitrogens is 2. The van der Waals surface area contributed by atoms with E-state index in [1.54, 1.807) is 18.5 Å². The third kappa shape index (κ3) is 4.01. The summed E-state index contributed by atoms with van der Waals surface area (Å²) < 4.78 is 0. The number of nitrogens with one attached hydrogen (secondary N) is 3. The van der Waals surface area contributed by atoms with Crippen LogP contribution in [0.2, 0.25) is 0 Å². The van der Waals surface area contributed by atoms with Gasteiger partial charge in [-0.05, 0) is 36.4 Å². The molecule has 4 aromatic rings. The number of hydrogen-bond donors (Lipinski definition) is 3. The van der Waals surface area contributed by atoms with Crippen molar-refractivity contribution in [2.24, 2.45) is 0 Å². The minimum absolute atomic E-state index is 0.340. The topological polar surface area (TPSA) is 78.9 Å². The maximum Gasteiger partial charge on any atom is 0.324 e. The zero-order valence-corrected chi connectivity index (χ0v) is 14.4. The molecule has 0 aliphatic rings. The second kappa shape index (κ2) is 7.53. The maximum absolute atomic E-state index is 12.0. The maximum atomic E-state index is 12.0. The molecule has 132 valence electrons. The molecule has 2 heterocycles. The van der Waals surface area contributed by atoms with Crippen molar-refractivity contribution in [3.8, 4) is 0 Å². The lowest BCUT2D eigenvalue weighted by Crippen LogP contribution is -2.19. The monoisotopic (exact) mass is 355 g/mol. The molecule has 2 aromatic heterocycles. The molecule has 0 fully saturated rings. The third-order valence-corrected chi connectivity index (χ3v) is 3.95. The lowest BCUT2D eigenvalue weighted by Gasteiger charge is -2.10. The van der Waals surface area contributed by atoms with E-state index in [0.717, 1.165) is 28.0 Å². The van der Waals surface area contributed by atoms with Crippen LogP contribution in [0.3, 0.4) is 0 Å². The third-order valence-electron chi connectivity index (χ3n) is 3.95. The summed E-state index contributed by atoms with van der Waals surface area (Å²) in [6, 6.07) is 22.4. The number of anilines is 4. The van der Waals surface area contributed by atoms with Gasteiger partial charge in [-0.1, -0.05) is 36.4 Å². The fourth-order valence-corrected chi connectivity index (χ4v) is 2.70. The van der Waals surface area contributed by atoms with E-state index in [2.05, 4.69) is 25.9 Å². The minimum Gasteiger partial charge on any atom is -0.352 e. The number of pyridine rings is 2. The minimum atomic E-state index is -0.340. The predicted molar refractivity (Wildman–Crippen MR) is 108 cm³/mol. The van der Waals surface area contributed by atoms with Crippen molar-refractivity contribution in [2.75, 3.05) is 16.0 Å². The van der Waals surface area contributed by atoms with Gasteiger partial charge < -0.3 is 10.6 Å². The SMILES string of the molecule is O=C(Nc1ccccc1)Nc1ccc(Nc2cccc3cccnc23)cn1. The molecule has 0 saturated carbocycles. The molecule has 0 radical (unpaired) electrons. The van der Waals surface area contributed by atoms with E-state index < -0.39 is 0 Å². The standard InChI is InChI=1S/C21H17N5O/c27-21(25-16-8-2-1-3-9-16)26-19-12-11-17(14-23-19)24-18-10-4-6-15-7-5-13-22-20(15)18/h1-14,24H,(H2,23,25,26,27). The summed E-state index contributed by atoms with van der Waals surface area (Å²) in [5.74, 6) is 0.463. The molecule has 6 heteroatoms. The summed E-state index contributed by atoms with van der Waals surface area (Å²) in [5, 5.41) is 9.84. The lowest BCUT2D eigenvalue weighted by atomic mass is 10.2. The van der Waals surface area contributed by atoms with E-state index in [-0.39, 0.29) is 6.03 Å². The number of urea groups is 1.